The molecular weight excluding hydrogens is 254 g/mol. The maximum Gasteiger partial charge on any atom is 0.113 e. The number of benzene rings is 1. The third-order valence-corrected chi connectivity index (χ3v) is 3.75. The monoisotopic (exact) mass is 273 g/mol. The molecule has 2 heterocycles. The summed E-state index contributed by atoms with van der Waals surface area (Å²) in [5, 5.41) is 19.1. The van der Waals surface area contributed by atoms with E-state index in [9.17, 15) is 5.11 Å². The molecule has 5 nitrogen and oxygen atoms in total. The fourth-order valence-electron chi connectivity index (χ4n) is 2.87. The highest BCUT2D eigenvalue weighted by Crippen LogP contribution is 2.39. The van der Waals surface area contributed by atoms with Crippen molar-refractivity contribution in [2.45, 2.75) is 37.9 Å². The van der Waals surface area contributed by atoms with Crippen molar-refractivity contribution in [3.63, 3.8) is 0 Å². The quantitative estimate of drug-likeness (QED) is 0.909. The molecule has 1 aromatic heterocycles. The van der Waals surface area contributed by atoms with Crippen LogP contribution in [0.3, 0.4) is 0 Å². The lowest BCUT2D eigenvalue weighted by Gasteiger charge is -2.41. The Morgan fingerprint density at radius 3 is 2.70 bits per heavy atom. The average Bonchev–Trinajstić information content (AvgIpc) is 2.88. The lowest BCUT2D eigenvalue weighted by atomic mass is 9.82. The van der Waals surface area contributed by atoms with Crippen molar-refractivity contribution >= 4 is 0 Å². The minimum atomic E-state index is -0.957. The van der Waals surface area contributed by atoms with E-state index in [-0.39, 0.29) is 5.60 Å². The second kappa shape index (κ2) is 4.68. The third-order valence-electron chi connectivity index (χ3n) is 3.75. The van der Waals surface area contributed by atoms with Gasteiger partial charge in [-0.15, -0.1) is 5.10 Å². The number of aliphatic hydroxyl groups is 1. The Hall–Kier alpha value is -1.72. The predicted molar refractivity (Wildman–Crippen MR) is 74.5 cm³/mol. The van der Waals surface area contributed by atoms with Gasteiger partial charge in [0.2, 0.25) is 0 Å². The molecule has 0 saturated carbocycles. The van der Waals surface area contributed by atoms with E-state index >= 15 is 0 Å². The molecule has 5 heteroatoms. The van der Waals surface area contributed by atoms with Gasteiger partial charge in [-0.2, -0.15) is 0 Å². The van der Waals surface area contributed by atoms with E-state index in [0.29, 0.717) is 19.4 Å². The van der Waals surface area contributed by atoms with Crippen molar-refractivity contribution < 1.29 is 9.84 Å². The van der Waals surface area contributed by atoms with Crippen LogP contribution in [0.1, 0.15) is 32.4 Å². The Bertz CT molecular complexity index is 594. The first-order valence-corrected chi connectivity index (χ1v) is 6.83. The van der Waals surface area contributed by atoms with Gasteiger partial charge in [-0.3, -0.25) is 0 Å². The van der Waals surface area contributed by atoms with Crippen LogP contribution in [-0.4, -0.2) is 32.3 Å². The number of ether oxygens (including phenoxy) is 1. The fourth-order valence-corrected chi connectivity index (χ4v) is 2.87. The minimum Gasteiger partial charge on any atom is -0.383 e. The summed E-state index contributed by atoms with van der Waals surface area (Å²) in [4.78, 5) is 0. The van der Waals surface area contributed by atoms with Crippen LogP contribution in [0, 0.1) is 0 Å². The summed E-state index contributed by atoms with van der Waals surface area (Å²) >= 11 is 0. The highest BCUT2D eigenvalue weighted by atomic mass is 16.5. The molecular formula is C15H19N3O2. The fraction of sp³-hybridized carbons (Fsp3) is 0.467. The number of hydrogen-bond donors (Lipinski definition) is 1. The summed E-state index contributed by atoms with van der Waals surface area (Å²) in [5.74, 6) is 0. The second-order valence-corrected chi connectivity index (χ2v) is 5.93. The SMILES string of the molecule is CC1(C)CC(O)(c2cnnn2-c2ccccc2)CCO1. The molecule has 2 aromatic rings. The number of aromatic nitrogens is 3. The first-order chi connectivity index (χ1) is 9.50. The Labute approximate surface area is 118 Å². The largest absolute Gasteiger partial charge is 0.383 e. The first-order valence-electron chi connectivity index (χ1n) is 6.83. The smallest absolute Gasteiger partial charge is 0.113 e. The number of nitrogens with zero attached hydrogens (tertiary/aromatic N) is 3. The standard InChI is InChI=1S/C15H19N3O2/c1-14(2)11-15(19,8-9-20-14)13-10-16-17-18(13)12-6-4-3-5-7-12/h3-7,10,19H,8-9,11H2,1-2H3. The van der Waals surface area contributed by atoms with Crippen LogP contribution in [0.4, 0.5) is 0 Å². The first kappa shape index (κ1) is 13.3. The van der Waals surface area contributed by atoms with E-state index in [1.54, 1.807) is 10.9 Å². The highest BCUT2D eigenvalue weighted by Gasteiger charge is 2.43. The van der Waals surface area contributed by atoms with Crippen molar-refractivity contribution in [1.29, 1.82) is 0 Å². The van der Waals surface area contributed by atoms with Crippen molar-refractivity contribution in [1.82, 2.24) is 15.0 Å². The lowest BCUT2D eigenvalue weighted by molar-refractivity contribution is -0.150. The molecule has 20 heavy (non-hydrogen) atoms. The summed E-state index contributed by atoms with van der Waals surface area (Å²) in [6.45, 7) is 4.52. The van der Waals surface area contributed by atoms with Crippen molar-refractivity contribution in [3.8, 4) is 5.69 Å². The van der Waals surface area contributed by atoms with Gasteiger partial charge in [-0.05, 0) is 26.0 Å². The van der Waals surface area contributed by atoms with Gasteiger partial charge in [0.15, 0.2) is 0 Å². The zero-order chi connectivity index (χ0) is 14.2. The van der Waals surface area contributed by atoms with Gasteiger partial charge in [0, 0.05) is 12.8 Å². The van der Waals surface area contributed by atoms with E-state index in [1.165, 1.54) is 0 Å². The highest BCUT2D eigenvalue weighted by molar-refractivity contribution is 5.33. The van der Waals surface area contributed by atoms with Crippen LogP contribution in [-0.2, 0) is 10.3 Å². The van der Waals surface area contributed by atoms with Crippen LogP contribution in [0.5, 0.6) is 0 Å². The minimum absolute atomic E-state index is 0.348. The summed E-state index contributed by atoms with van der Waals surface area (Å²) in [6.07, 6.45) is 2.73. The van der Waals surface area contributed by atoms with E-state index in [4.69, 9.17) is 4.74 Å². The molecule has 1 aromatic carbocycles. The van der Waals surface area contributed by atoms with Crippen LogP contribution in [0.25, 0.3) is 5.69 Å². The molecule has 3 rings (SSSR count). The molecule has 1 aliphatic heterocycles. The van der Waals surface area contributed by atoms with Gasteiger partial charge >= 0.3 is 0 Å². The van der Waals surface area contributed by atoms with E-state index in [2.05, 4.69) is 10.3 Å². The molecule has 1 atom stereocenters. The van der Waals surface area contributed by atoms with Crippen molar-refractivity contribution in [2.24, 2.45) is 0 Å². The predicted octanol–water partition coefficient (Wildman–Crippen LogP) is 2.04. The Morgan fingerprint density at radius 2 is 2.00 bits per heavy atom. The van der Waals surface area contributed by atoms with Gasteiger partial charge < -0.3 is 9.84 Å². The van der Waals surface area contributed by atoms with Crippen LogP contribution >= 0.6 is 0 Å². The summed E-state index contributed by atoms with van der Waals surface area (Å²) in [5.41, 5.74) is 0.317. The van der Waals surface area contributed by atoms with Gasteiger partial charge in [-0.25, -0.2) is 4.68 Å². The van der Waals surface area contributed by atoms with Crippen LogP contribution in [0.2, 0.25) is 0 Å². The zero-order valence-corrected chi connectivity index (χ0v) is 11.8. The Kier molecular flexibility index (Phi) is 3.11. The van der Waals surface area contributed by atoms with E-state index < -0.39 is 5.60 Å². The van der Waals surface area contributed by atoms with Gasteiger partial charge in [0.1, 0.15) is 5.60 Å². The van der Waals surface area contributed by atoms with Crippen LogP contribution < -0.4 is 0 Å². The molecule has 0 radical (unpaired) electrons. The molecule has 1 aliphatic rings. The number of hydrogen-bond acceptors (Lipinski definition) is 4. The Balaban J connectivity index is 2.01. The zero-order valence-electron chi connectivity index (χ0n) is 11.8. The van der Waals surface area contributed by atoms with Gasteiger partial charge in [0.25, 0.3) is 0 Å². The maximum absolute atomic E-state index is 11.0. The molecule has 0 aliphatic carbocycles. The van der Waals surface area contributed by atoms with Gasteiger partial charge in [-0.1, -0.05) is 23.4 Å². The number of rotatable bonds is 2. The van der Waals surface area contributed by atoms with Crippen molar-refractivity contribution in [3.05, 3.63) is 42.2 Å². The van der Waals surface area contributed by atoms with E-state index in [0.717, 1.165) is 11.4 Å². The van der Waals surface area contributed by atoms with E-state index in [1.807, 2.05) is 44.2 Å². The average molecular weight is 273 g/mol. The summed E-state index contributed by atoms with van der Waals surface area (Å²) in [6, 6.07) is 9.74. The number of para-hydroxylation sites is 1. The molecule has 0 amide bonds. The molecule has 1 saturated heterocycles. The molecule has 0 spiro atoms. The normalized spacial score (nSPS) is 25.6. The topological polar surface area (TPSA) is 60.2 Å². The lowest BCUT2D eigenvalue weighted by Crippen LogP contribution is -2.44. The summed E-state index contributed by atoms with van der Waals surface area (Å²) < 4.78 is 7.40. The van der Waals surface area contributed by atoms with Gasteiger partial charge in [0.05, 0.1) is 29.8 Å². The van der Waals surface area contributed by atoms with Crippen LogP contribution in [0.15, 0.2) is 36.5 Å². The molecule has 1 unspecified atom stereocenters. The second-order valence-electron chi connectivity index (χ2n) is 5.93. The Morgan fingerprint density at radius 1 is 1.25 bits per heavy atom. The molecule has 106 valence electrons. The maximum atomic E-state index is 11.0. The molecule has 1 N–H and O–H groups in total. The summed E-state index contributed by atoms with van der Waals surface area (Å²) in [7, 11) is 0. The van der Waals surface area contributed by atoms with Crippen molar-refractivity contribution in [2.75, 3.05) is 6.61 Å². The third kappa shape index (κ3) is 2.34. The molecule has 0 bridgehead atoms. The molecule has 1 fully saturated rings.